The van der Waals surface area contributed by atoms with Gasteiger partial charge in [-0.25, -0.2) is 4.39 Å². The summed E-state index contributed by atoms with van der Waals surface area (Å²) in [7, 11) is 0. The normalized spacial score (nSPS) is 10.2. The van der Waals surface area contributed by atoms with Crippen LogP contribution in [0.3, 0.4) is 0 Å². The number of rotatable bonds is 5. The number of carbonyl (C=O) groups excluding carboxylic acids is 1. The summed E-state index contributed by atoms with van der Waals surface area (Å²) in [4.78, 5) is 11.4. The van der Waals surface area contributed by atoms with Gasteiger partial charge < -0.3 is 10.4 Å². The van der Waals surface area contributed by atoms with Crippen molar-refractivity contribution < 1.29 is 14.3 Å². The second-order valence-electron chi connectivity index (χ2n) is 3.69. The highest BCUT2D eigenvalue weighted by molar-refractivity contribution is 5.91. The number of aryl methyl sites for hydroxylation is 1. The number of anilines is 1. The van der Waals surface area contributed by atoms with Crippen LogP contribution in [0.1, 0.15) is 24.8 Å². The molecule has 0 aliphatic rings. The first-order valence-electron chi connectivity index (χ1n) is 5.30. The Morgan fingerprint density at radius 1 is 1.44 bits per heavy atom. The Morgan fingerprint density at radius 3 is 2.81 bits per heavy atom. The van der Waals surface area contributed by atoms with E-state index in [4.69, 9.17) is 5.11 Å². The largest absolute Gasteiger partial charge is 0.396 e. The van der Waals surface area contributed by atoms with Crippen LogP contribution in [0.5, 0.6) is 0 Å². The molecule has 0 aliphatic carbocycles. The van der Waals surface area contributed by atoms with E-state index in [0.29, 0.717) is 30.5 Å². The predicted molar refractivity (Wildman–Crippen MR) is 60.7 cm³/mol. The number of aliphatic hydroxyl groups is 1. The van der Waals surface area contributed by atoms with Crippen molar-refractivity contribution in [1.82, 2.24) is 0 Å². The quantitative estimate of drug-likeness (QED) is 0.755. The smallest absolute Gasteiger partial charge is 0.224 e. The van der Waals surface area contributed by atoms with Crippen LogP contribution in [-0.4, -0.2) is 17.6 Å². The lowest BCUT2D eigenvalue weighted by Gasteiger charge is -2.07. The van der Waals surface area contributed by atoms with Crippen molar-refractivity contribution in [2.45, 2.75) is 26.2 Å². The highest BCUT2D eigenvalue weighted by Gasteiger charge is 2.04. The lowest BCUT2D eigenvalue weighted by atomic mass is 10.2. The van der Waals surface area contributed by atoms with Gasteiger partial charge in [0.25, 0.3) is 0 Å². The van der Waals surface area contributed by atoms with Gasteiger partial charge in [0.05, 0.1) is 0 Å². The second-order valence-corrected chi connectivity index (χ2v) is 3.69. The average Bonchev–Trinajstić information content (AvgIpc) is 2.23. The van der Waals surface area contributed by atoms with E-state index in [1.54, 1.807) is 13.0 Å². The van der Waals surface area contributed by atoms with Crippen molar-refractivity contribution in [3.05, 3.63) is 29.6 Å². The molecule has 0 saturated heterocycles. The minimum atomic E-state index is -0.309. The fourth-order valence-corrected chi connectivity index (χ4v) is 1.38. The standard InChI is InChI=1S/C12H16FNO2/c1-9-8-10(13)5-6-11(9)14-12(16)4-2-3-7-15/h5-6,8,15H,2-4,7H2,1H3,(H,14,16). The summed E-state index contributed by atoms with van der Waals surface area (Å²) in [6.45, 7) is 1.84. The summed E-state index contributed by atoms with van der Waals surface area (Å²) in [6.07, 6.45) is 1.65. The van der Waals surface area contributed by atoms with Gasteiger partial charge in [0.15, 0.2) is 0 Å². The molecule has 0 fully saturated rings. The Bertz CT molecular complexity index is 366. The number of unbranched alkanes of at least 4 members (excludes halogenated alkanes) is 1. The van der Waals surface area contributed by atoms with Crippen LogP contribution in [0.15, 0.2) is 18.2 Å². The van der Waals surface area contributed by atoms with Crippen LogP contribution in [-0.2, 0) is 4.79 Å². The zero-order valence-electron chi connectivity index (χ0n) is 9.29. The van der Waals surface area contributed by atoms with Crippen LogP contribution < -0.4 is 5.32 Å². The van der Waals surface area contributed by atoms with Gasteiger partial charge in [-0.15, -0.1) is 0 Å². The Hall–Kier alpha value is -1.42. The molecular weight excluding hydrogens is 209 g/mol. The Kier molecular flexibility index (Phi) is 4.92. The highest BCUT2D eigenvalue weighted by atomic mass is 19.1. The van der Waals surface area contributed by atoms with Crippen molar-refractivity contribution in [1.29, 1.82) is 0 Å². The number of nitrogens with one attached hydrogen (secondary N) is 1. The van der Waals surface area contributed by atoms with Gasteiger partial charge in [-0.05, 0) is 43.5 Å². The van der Waals surface area contributed by atoms with Gasteiger partial charge in [0.2, 0.25) is 5.91 Å². The molecule has 0 heterocycles. The third-order valence-corrected chi connectivity index (χ3v) is 2.27. The Morgan fingerprint density at radius 2 is 2.19 bits per heavy atom. The molecule has 0 aromatic heterocycles. The van der Waals surface area contributed by atoms with E-state index in [0.717, 1.165) is 0 Å². The van der Waals surface area contributed by atoms with Crippen molar-refractivity contribution in [3.8, 4) is 0 Å². The zero-order chi connectivity index (χ0) is 12.0. The lowest BCUT2D eigenvalue weighted by Crippen LogP contribution is -2.12. The SMILES string of the molecule is Cc1cc(F)ccc1NC(=O)CCCCO. The molecule has 0 atom stereocenters. The molecule has 1 aromatic carbocycles. The summed E-state index contributed by atoms with van der Waals surface area (Å²) in [6, 6.07) is 4.24. The molecule has 0 aliphatic heterocycles. The van der Waals surface area contributed by atoms with Gasteiger partial charge >= 0.3 is 0 Å². The third-order valence-electron chi connectivity index (χ3n) is 2.27. The number of amides is 1. The van der Waals surface area contributed by atoms with Crippen LogP contribution in [0.4, 0.5) is 10.1 Å². The molecule has 2 N–H and O–H groups in total. The molecule has 1 rings (SSSR count). The first-order chi connectivity index (χ1) is 7.63. The molecule has 16 heavy (non-hydrogen) atoms. The summed E-state index contributed by atoms with van der Waals surface area (Å²) in [5.74, 6) is -0.418. The van der Waals surface area contributed by atoms with Gasteiger partial charge in [-0.2, -0.15) is 0 Å². The van der Waals surface area contributed by atoms with Crippen LogP contribution >= 0.6 is 0 Å². The summed E-state index contributed by atoms with van der Waals surface area (Å²) < 4.78 is 12.8. The first kappa shape index (κ1) is 12.6. The maximum Gasteiger partial charge on any atom is 0.224 e. The van der Waals surface area contributed by atoms with Crippen LogP contribution in [0, 0.1) is 12.7 Å². The molecule has 0 radical (unpaired) electrons. The third kappa shape index (κ3) is 3.98. The fraction of sp³-hybridized carbons (Fsp3) is 0.417. The van der Waals surface area contributed by atoms with Crippen molar-refractivity contribution >= 4 is 11.6 Å². The fourth-order valence-electron chi connectivity index (χ4n) is 1.38. The molecule has 0 unspecified atom stereocenters. The molecule has 3 nitrogen and oxygen atoms in total. The van der Waals surface area contributed by atoms with Crippen molar-refractivity contribution in [3.63, 3.8) is 0 Å². The second kappa shape index (κ2) is 6.23. The molecular formula is C12H16FNO2. The van der Waals surface area contributed by atoms with E-state index in [-0.39, 0.29) is 18.3 Å². The lowest BCUT2D eigenvalue weighted by molar-refractivity contribution is -0.116. The van der Waals surface area contributed by atoms with Crippen molar-refractivity contribution in [2.24, 2.45) is 0 Å². The maximum atomic E-state index is 12.8. The number of halogens is 1. The van der Waals surface area contributed by atoms with E-state index in [1.807, 2.05) is 0 Å². The van der Waals surface area contributed by atoms with Gasteiger partial charge in [-0.3, -0.25) is 4.79 Å². The monoisotopic (exact) mass is 225 g/mol. The number of carbonyl (C=O) groups is 1. The Labute approximate surface area is 94.3 Å². The number of hydrogen-bond donors (Lipinski definition) is 2. The van der Waals surface area contributed by atoms with E-state index in [1.165, 1.54) is 12.1 Å². The zero-order valence-corrected chi connectivity index (χ0v) is 9.29. The minimum Gasteiger partial charge on any atom is -0.396 e. The molecule has 0 saturated carbocycles. The molecule has 88 valence electrons. The first-order valence-corrected chi connectivity index (χ1v) is 5.30. The summed E-state index contributed by atoms with van der Waals surface area (Å²) in [5.41, 5.74) is 1.34. The molecule has 0 bridgehead atoms. The number of aliphatic hydroxyl groups excluding tert-OH is 1. The molecule has 4 heteroatoms. The van der Waals surface area contributed by atoms with Gasteiger partial charge in [0, 0.05) is 18.7 Å². The van der Waals surface area contributed by atoms with Gasteiger partial charge in [0.1, 0.15) is 5.82 Å². The Balaban J connectivity index is 2.49. The number of hydrogen-bond acceptors (Lipinski definition) is 2. The topological polar surface area (TPSA) is 49.3 Å². The van der Waals surface area contributed by atoms with Crippen LogP contribution in [0.25, 0.3) is 0 Å². The molecule has 0 spiro atoms. The molecule has 1 aromatic rings. The van der Waals surface area contributed by atoms with E-state index < -0.39 is 0 Å². The summed E-state index contributed by atoms with van der Waals surface area (Å²) >= 11 is 0. The van der Waals surface area contributed by atoms with Crippen molar-refractivity contribution in [2.75, 3.05) is 11.9 Å². The highest BCUT2D eigenvalue weighted by Crippen LogP contribution is 2.16. The average molecular weight is 225 g/mol. The van der Waals surface area contributed by atoms with Gasteiger partial charge in [-0.1, -0.05) is 0 Å². The summed E-state index contributed by atoms with van der Waals surface area (Å²) in [5, 5.41) is 11.3. The van der Waals surface area contributed by atoms with E-state index in [2.05, 4.69) is 5.32 Å². The number of benzene rings is 1. The maximum absolute atomic E-state index is 12.8. The predicted octanol–water partition coefficient (Wildman–Crippen LogP) is 2.24. The molecule has 1 amide bonds. The van der Waals surface area contributed by atoms with Crippen LogP contribution in [0.2, 0.25) is 0 Å². The minimum absolute atomic E-state index is 0.100. The van der Waals surface area contributed by atoms with E-state index in [9.17, 15) is 9.18 Å². The van der Waals surface area contributed by atoms with E-state index >= 15 is 0 Å².